The van der Waals surface area contributed by atoms with Crippen molar-refractivity contribution < 1.29 is 9.53 Å². The van der Waals surface area contributed by atoms with Crippen LogP contribution in [0.1, 0.15) is 31.4 Å². The molecule has 3 nitrogen and oxygen atoms in total. The lowest BCUT2D eigenvalue weighted by Crippen LogP contribution is -2.01. The van der Waals surface area contributed by atoms with Crippen molar-refractivity contribution >= 4 is 16.8 Å². The van der Waals surface area contributed by atoms with Crippen LogP contribution < -0.4 is 0 Å². The molecule has 0 amide bonds. The van der Waals surface area contributed by atoms with Gasteiger partial charge >= 0.3 is 0 Å². The lowest BCUT2D eigenvalue weighted by molar-refractivity contribution is -0.111. The molecule has 0 aliphatic heterocycles. The third-order valence-electron chi connectivity index (χ3n) is 2.39. The maximum Gasteiger partial charge on any atom is 0.221 e. The average molecular weight is 256 g/mol. The van der Waals surface area contributed by atoms with Crippen LogP contribution in [-0.4, -0.2) is 23.4 Å². The summed E-state index contributed by atoms with van der Waals surface area (Å²) < 4.78 is 5.49. The van der Waals surface area contributed by atoms with E-state index in [-0.39, 0.29) is 5.24 Å². The van der Waals surface area contributed by atoms with Gasteiger partial charge in [0.15, 0.2) is 0 Å². The van der Waals surface area contributed by atoms with Gasteiger partial charge in [-0.3, -0.25) is 9.78 Å². The highest BCUT2D eigenvalue weighted by molar-refractivity contribution is 6.63. The maximum absolute atomic E-state index is 10.5. The average Bonchev–Trinajstić information content (AvgIpc) is 2.33. The van der Waals surface area contributed by atoms with E-state index in [0.717, 1.165) is 38.0 Å². The van der Waals surface area contributed by atoms with Gasteiger partial charge in [0.05, 0.1) is 6.61 Å². The molecule has 1 rings (SSSR count). The molecular weight excluding hydrogens is 238 g/mol. The molecular formula is C13H18ClNO2. The van der Waals surface area contributed by atoms with Crippen LogP contribution in [0.15, 0.2) is 24.4 Å². The van der Waals surface area contributed by atoms with Crippen molar-refractivity contribution in [1.82, 2.24) is 4.98 Å². The molecule has 0 aromatic carbocycles. The van der Waals surface area contributed by atoms with E-state index in [0.29, 0.717) is 13.0 Å². The van der Waals surface area contributed by atoms with Crippen molar-refractivity contribution in [3.8, 4) is 0 Å². The van der Waals surface area contributed by atoms with Crippen LogP contribution in [-0.2, 0) is 16.0 Å². The normalized spacial score (nSPS) is 10.4. The van der Waals surface area contributed by atoms with Gasteiger partial charge in [0.1, 0.15) is 0 Å². The Hall–Kier alpha value is -0.930. The minimum Gasteiger partial charge on any atom is -0.381 e. The molecule has 0 aliphatic carbocycles. The van der Waals surface area contributed by atoms with Gasteiger partial charge in [-0.2, -0.15) is 0 Å². The molecule has 0 bridgehead atoms. The smallest absolute Gasteiger partial charge is 0.221 e. The number of aromatic nitrogens is 1. The Bertz CT molecular complexity index is 316. The van der Waals surface area contributed by atoms with Gasteiger partial charge in [0.25, 0.3) is 0 Å². The van der Waals surface area contributed by atoms with Crippen molar-refractivity contribution in [3.63, 3.8) is 0 Å². The number of carbonyl (C=O) groups excluding carboxylic acids is 1. The Balaban J connectivity index is 1.90. The fourth-order valence-corrected chi connectivity index (χ4v) is 1.60. The molecule has 0 unspecified atom stereocenters. The van der Waals surface area contributed by atoms with Crippen molar-refractivity contribution in [1.29, 1.82) is 0 Å². The topological polar surface area (TPSA) is 39.2 Å². The molecule has 17 heavy (non-hydrogen) atoms. The van der Waals surface area contributed by atoms with E-state index >= 15 is 0 Å². The van der Waals surface area contributed by atoms with Gasteiger partial charge in [-0.05, 0) is 36.6 Å². The lowest BCUT2D eigenvalue weighted by atomic mass is 10.2. The van der Waals surface area contributed by atoms with Gasteiger partial charge in [0.2, 0.25) is 5.24 Å². The van der Waals surface area contributed by atoms with Crippen LogP contribution in [0.3, 0.4) is 0 Å². The predicted octanol–water partition coefficient (Wildman–Crippen LogP) is 2.97. The summed E-state index contributed by atoms with van der Waals surface area (Å²) in [6.07, 6.45) is 5.93. The Morgan fingerprint density at radius 3 is 2.82 bits per heavy atom. The number of pyridine rings is 1. The summed E-state index contributed by atoms with van der Waals surface area (Å²) in [6.45, 7) is 1.44. The predicted molar refractivity (Wildman–Crippen MR) is 68.1 cm³/mol. The van der Waals surface area contributed by atoms with Crippen LogP contribution in [0.5, 0.6) is 0 Å². The Morgan fingerprint density at radius 1 is 1.24 bits per heavy atom. The van der Waals surface area contributed by atoms with E-state index in [4.69, 9.17) is 16.3 Å². The molecule has 0 fully saturated rings. The summed E-state index contributed by atoms with van der Waals surface area (Å²) in [5, 5.41) is -0.249. The second-order valence-corrected chi connectivity index (χ2v) is 4.27. The second kappa shape index (κ2) is 9.14. The maximum atomic E-state index is 10.5. The van der Waals surface area contributed by atoms with E-state index in [2.05, 4.69) is 4.98 Å². The van der Waals surface area contributed by atoms with Crippen LogP contribution in [0.2, 0.25) is 0 Å². The first-order valence-corrected chi connectivity index (χ1v) is 6.33. The zero-order valence-electron chi connectivity index (χ0n) is 9.90. The summed E-state index contributed by atoms with van der Waals surface area (Å²) in [4.78, 5) is 14.7. The molecule has 0 radical (unpaired) electrons. The van der Waals surface area contributed by atoms with Crippen molar-refractivity contribution in [3.05, 3.63) is 30.1 Å². The highest BCUT2D eigenvalue weighted by Gasteiger charge is 1.96. The zero-order chi connectivity index (χ0) is 12.3. The molecule has 1 aromatic rings. The quantitative estimate of drug-likeness (QED) is 0.503. The number of hydrogen-bond donors (Lipinski definition) is 0. The first-order chi connectivity index (χ1) is 8.29. The van der Waals surface area contributed by atoms with Crippen LogP contribution in [0.25, 0.3) is 0 Å². The molecule has 0 saturated heterocycles. The highest BCUT2D eigenvalue weighted by Crippen LogP contribution is 2.03. The first kappa shape index (κ1) is 14.1. The van der Waals surface area contributed by atoms with Crippen molar-refractivity contribution in [2.75, 3.05) is 13.2 Å². The van der Waals surface area contributed by atoms with Gasteiger partial charge in [-0.25, -0.2) is 0 Å². The molecule has 0 spiro atoms. The standard InChI is InChI=1S/C13H18ClNO2/c14-13(16)7-2-1-5-10-17-11-8-12-6-3-4-9-15-12/h3-4,6,9H,1-2,5,7-8,10-11H2. The third kappa shape index (κ3) is 7.88. The van der Waals surface area contributed by atoms with Gasteiger partial charge < -0.3 is 4.74 Å². The third-order valence-corrected chi connectivity index (χ3v) is 2.58. The lowest BCUT2D eigenvalue weighted by Gasteiger charge is -2.03. The number of ether oxygens (including phenoxy) is 1. The number of carbonyl (C=O) groups is 1. The molecule has 1 heterocycles. The molecule has 0 atom stereocenters. The largest absolute Gasteiger partial charge is 0.381 e. The van der Waals surface area contributed by atoms with E-state index in [1.165, 1.54) is 0 Å². The van der Waals surface area contributed by atoms with Gasteiger partial charge in [0, 0.05) is 31.3 Å². The van der Waals surface area contributed by atoms with Crippen LogP contribution in [0, 0.1) is 0 Å². The SMILES string of the molecule is O=C(Cl)CCCCCOCCc1ccccn1. The Labute approximate surface area is 107 Å². The zero-order valence-corrected chi connectivity index (χ0v) is 10.7. The summed E-state index contributed by atoms with van der Waals surface area (Å²) in [7, 11) is 0. The molecule has 1 aromatic heterocycles. The summed E-state index contributed by atoms with van der Waals surface area (Å²) in [5.41, 5.74) is 1.06. The summed E-state index contributed by atoms with van der Waals surface area (Å²) >= 11 is 5.23. The van der Waals surface area contributed by atoms with Gasteiger partial charge in [-0.15, -0.1) is 0 Å². The van der Waals surface area contributed by atoms with Crippen LogP contribution in [0.4, 0.5) is 0 Å². The van der Waals surface area contributed by atoms with Crippen molar-refractivity contribution in [2.24, 2.45) is 0 Å². The fraction of sp³-hybridized carbons (Fsp3) is 0.538. The molecule has 0 aliphatic rings. The Morgan fingerprint density at radius 2 is 2.12 bits per heavy atom. The van der Waals surface area contributed by atoms with Crippen molar-refractivity contribution in [2.45, 2.75) is 32.1 Å². The molecule has 94 valence electrons. The fourth-order valence-electron chi connectivity index (χ4n) is 1.47. The van der Waals surface area contributed by atoms with Crippen LogP contribution >= 0.6 is 11.6 Å². The number of hydrogen-bond acceptors (Lipinski definition) is 3. The van der Waals surface area contributed by atoms with E-state index in [9.17, 15) is 4.79 Å². The minimum absolute atomic E-state index is 0.249. The molecule has 0 saturated carbocycles. The number of halogens is 1. The van der Waals surface area contributed by atoms with Gasteiger partial charge in [-0.1, -0.05) is 12.5 Å². The monoisotopic (exact) mass is 255 g/mol. The molecule has 4 heteroatoms. The highest BCUT2D eigenvalue weighted by atomic mass is 35.5. The Kier molecular flexibility index (Phi) is 7.60. The number of rotatable bonds is 9. The molecule has 0 N–H and O–H groups in total. The second-order valence-electron chi connectivity index (χ2n) is 3.85. The number of nitrogens with zero attached hydrogens (tertiary/aromatic N) is 1. The number of unbranched alkanes of at least 4 members (excludes halogenated alkanes) is 2. The first-order valence-electron chi connectivity index (χ1n) is 5.95. The van der Waals surface area contributed by atoms with E-state index in [1.54, 1.807) is 6.20 Å². The summed E-state index contributed by atoms with van der Waals surface area (Å²) in [6, 6.07) is 5.88. The van der Waals surface area contributed by atoms with E-state index in [1.807, 2.05) is 18.2 Å². The van der Waals surface area contributed by atoms with E-state index < -0.39 is 0 Å². The minimum atomic E-state index is -0.249. The summed E-state index contributed by atoms with van der Waals surface area (Å²) in [5.74, 6) is 0.